The SMILES string of the molecule is Cc1ccc(OCC(=O)[O-])c(C)c1.[Li+]. The van der Waals surface area contributed by atoms with E-state index in [0.717, 1.165) is 11.1 Å². The number of hydrogen-bond acceptors (Lipinski definition) is 3. The van der Waals surface area contributed by atoms with Crippen molar-refractivity contribution >= 4 is 5.97 Å². The average molecular weight is 186 g/mol. The van der Waals surface area contributed by atoms with Crippen LogP contribution in [0.15, 0.2) is 18.2 Å². The van der Waals surface area contributed by atoms with Gasteiger partial charge in [-0.25, -0.2) is 0 Å². The molecule has 0 aliphatic carbocycles. The number of carbonyl (C=O) groups is 1. The Kier molecular flexibility index (Phi) is 5.37. The Bertz CT molecular complexity index is 323. The number of rotatable bonds is 3. The number of carboxylic acid groups (broad SMARTS) is 1. The van der Waals surface area contributed by atoms with Gasteiger partial charge in [0.25, 0.3) is 0 Å². The third kappa shape index (κ3) is 3.86. The summed E-state index contributed by atoms with van der Waals surface area (Å²) in [5, 5.41) is 10.1. The van der Waals surface area contributed by atoms with Crippen LogP contribution in [0.5, 0.6) is 5.75 Å². The zero-order valence-corrected chi connectivity index (χ0v) is 8.66. The number of aliphatic carboxylic acids is 1. The minimum atomic E-state index is -1.21. The average Bonchev–Trinajstić information content (AvgIpc) is 2.02. The first-order valence-corrected chi connectivity index (χ1v) is 3.99. The van der Waals surface area contributed by atoms with Crippen LogP contribution in [-0.2, 0) is 4.79 Å². The molecule has 0 radical (unpaired) electrons. The largest absolute Gasteiger partial charge is 1.00 e. The van der Waals surface area contributed by atoms with E-state index in [2.05, 4.69) is 0 Å². The van der Waals surface area contributed by atoms with Gasteiger partial charge in [0.2, 0.25) is 0 Å². The van der Waals surface area contributed by atoms with Crippen LogP contribution in [0.25, 0.3) is 0 Å². The van der Waals surface area contributed by atoms with Crippen LogP contribution < -0.4 is 28.7 Å². The van der Waals surface area contributed by atoms with E-state index in [1.807, 2.05) is 26.0 Å². The van der Waals surface area contributed by atoms with E-state index in [1.54, 1.807) is 6.07 Å². The smallest absolute Gasteiger partial charge is 0.546 e. The summed E-state index contributed by atoms with van der Waals surface area (Å²) in [6.45, 7) is 3.44. The maximum Gasteiger partial charge on any atom is 1.00 e. The van der Waals surface area contributed by atoms with E-state index >= 15 is 0 Å². The molecule has 0 unspecified atom stereocenters. The summed E-state index contributed by atoms with van der Waals surface area (Å²) >= 11 is 0. The van der Waals surface area contributed by atoms with Crippen LogP contribution in [0.3, 0.4) is 0 Å². The van der Waals surface area contributed by atoms with Gasteiger partial charge in [0.15, 0.2) is 0 Å². The zero-order valence-electron chi connectivity index (χ0n) is 8.66. The molecule has 0 aliphatic rings. The molecule has 4 heteroatoms. The molecule has 0 saturated carbocycles. The van der Waals surface area contributed by atoms with Crippen molar-refractivity contribution in [3.05, 3.63) is 29.3 Å². The molecule has 0 bridgehead atoms. The van der Waals surface area contributed by atoms with Crippen molar-refractivity contribution in [3.8, 4) is 5.75 Å². The summed E-state index contributed by atoms with van der Waals surface area (Å²) in [6.07, 6.45) is 0. The molecule has 1 rings (SSSR count). The second-order valence-corrected chi connectivity index (χ2v) is 2.93. The van der Waals surface area contributed by atoms with Crippen molar-refractivity contribution < 1.29 is 33.5 Å². The Labute approximate surface area is 95.3 Å². The summed E-state index contributed by atoms with van der Waals surface area (Å²) < 4.78 is 4.99. The number of ether oxygens (including phenoxy) is 1. The van der Waals surface area contributed by atoms with Gasteiger partial charge >= 0.3 is 18.9 Å². The summed E-state index contributed by atoms with van der Waals surface area (Å²) in [7, 11) is 0. The monoisotopic (exact) mass is 186 g/mol. The minimum Gasteiger partial charge on any atom is -0.546 e. The van der Waals surface area contributed by atoms with Gasteiger partial charge in [0.05, 0.1) is 5.97 Å². The molecule has 14 heavy (non-hydrogen) atoms. The minimum absolute atomic E-state index is 0. The molecule has 0 fully saturated rings. The van der Waals surface area contributed by atoms with Crippen LogP contribution in [0.4, 0.5) is 0 Å². The zero-order chi connectivity index (χ0) is 9.84. The van der Waals surface area contributed by atoms with Gasteiger partial charge in [-0.15, -0.1) is 0 Å². The molecular formula is C10H11LiO3. The molecule has 3 nitrogen and oxygen atoms in total. The second kappa shape index (κ2) is 5.74. The molecule has 1 aromatic rings. The van der Waals surface area contributed by atoms with E-state index in [1.165, 1.54) is 0 Å². The molecular weight excluding hydrogens is 175 g/mol. The van der Waals surface area contributed by atoms with Gasteiger partial charge in [-0.1, -0.05) is 17.7 Å². The van der Waals surface area contributed by atoms with E-state index in [-0.39, 0.29) is 18.9 Å². The van der Waals surface area contributed by atoms with Gasteiger partial charge in [0.1, 0.15) is 12.4 Å². The fourth-order valence-electron chi connectivity index (χ4n) is 1.10. The quantitative estimate of drug-likeness (QED) is 0.488. The topological polar surface area (TPSA) is 49.4 Å². The Morgan fingerprint density at radius 1 is 1.43 bits per heavy atom. The van der Waals surface area contributed by atoms with Crippen LogP contribution >= 0.6 is 0 Å². The molecule has 1 aromatic carbocycles. The molecule has 0 amide bonds. The van der Waals surface area contributed by atoms with Crippen LogP contribution in [-0.4, -0.2) is 12.6 Å². The van der Waals surface area contributed by atoms with Gasteiger partial charge < -0.3 is 14.6 Å². The normalized spacial score (nSPS) is 9.00. The van der Waals surface area contributed by atoms with Gasteiger partial charge in [-0.2, -0.15) is 0 Å². The Hall–Kier alpha value is -0.913. The van der Waals surface area contributed by atoms with Crippen LogP contribution in [0.1, 0.15) is 11.1 Å². The molecule has 0 N–H and O–H groups in total. The second-order valence-electron chi connectivity index (χ2n) is 2.93. The molecule has 0 atom stereocenters. The van der Waals surface area contributed by atoms with Crippen LogP contribution in [0.2, 0.25) is 0 Å². The van der Waals surface area contributed by atoms with E-state index in [0.29, 0.717) is 5.75 Å². The molecule has 0 aromatic heterocycles. The third-order valence-corrected chi connectivity index (χ3v) is 1.68. The first-order chi connectivity index (χ1) is 6.09. The van der Waals surface area contributed by atoms with E-state index in [4.69, 9.17) is 4.74 Å². The number of carbonyl (C=O) groups excluding carboxylic acids is 1. The standard InChI is InChI=1S/C10H12O3.Li/c1-7-3-4-9(8(2)5-7)13-6-10(11)12;/h3-5H,6H2,1-2H3,(H,11,12);/q;+1/p-1. The van der Waals surface area contributed by atoms with Gasteiger partial charge in [0, 0.05) is 0 Å². The first-order valence-electron chi connectivity index (χ1n) is 3.99. The summed E-state index contributed by atoms with van der Waals surface area (Å²) in [4.78, 5) is 10.1. The van der Waals surface area contributed by atoms with Crippen LogP contribution in [0, 0.1) is 13.8 Å². The van der Waals surface area contributed by atoms with Crippen molar-refractivity contribution in [2.24, 2.45) is 0 Å². The van der Waals surface area contributed by atoms with Gasteiger partial charge in [-0.05, 0) is 25.5 Å². The number of aryl methyl sites for hydroxylation is 2. The van der Waals surface area contributed by atoms with E-state index < -0.39 is 12.6 Å². The Balaban J connectivity index is 0.00000169. The Morgan fingerprint density at radius 3 is 2.57 bits per heavy atom. The number of carboxylic acids is 1. The third-order valence-electron chi connectivity index (χ3n) is 1.68. The fourth-order valence-corrected chi connectivity index (χ4v) is 1.10. The Morgan fingerprint density at radius 2 is 2.07 bits per heavy atom. The maximum absolute atomic E-state index is 10.1. The number of benzene rings is 1. The molecule has 0 aliphatic heterocycles. The van der Waals surface area contributed by atoms with E-state index in [9.17, 15) is 9.90 Å². The molecule has 0 heterocycles. The summed E-state index contributed by atoms with van der Waals surface area (Å²) in [5.41, 5.74) is 2.06. The maximum atomic E-state index is 10.1. The van der Waals surface area contributed by atoms with Crippen molar-refractivity contribution in [1.82, 2.24) is 0 Å². The molecule has 0 spiro atoms. The fraction of sp³-hybridized carbons (Fsp3) is 0.300. The van der Waals surface area contributed by atoms with Crippen molar-refractivity contribution in [2.75, 3.05) is 6.61 Å². The molecule has 70 valence electrons. The predicted octanol–water partition coefficient (Wildman–Crippen LogP) is -2.56. The van der Waals surface area contributed by atoms with Crippen molar-refractivity contribution in [3.63, 3.8) is 0 Å². The predicted molar refractivity (Wildman–Crippen MR) is 46.4 cm³/mol. The molecule has 0 saturated heterocycles. The van der Waals surface area contributed by atoms with Gasteiger partial charge in [-0.3, -0.25) is 0 Å². The summed E-state index contributed by atoms with van der Waals surface area (Å²) in [5.74, 6) is -0.616. The summed E-state index contributed by atoms with van der Waals surface area (Å²) in [6, 6.07) is 5.57. The van der Waals surface area contributed by atoms with Crippen molar-refractivity contribution in [1.29, 1.82) is 0 Å². The van der Waals surface area contributed by atoms with Crippen molar-refractivity contribution in [2.45, 2.75) is 13.8 Å². The first kappa shape index (κ1) is 13.1. The number of hydrogen-bond donors (Lipinski definition) is 0.